The quantitative estimate of drug-likeness (QED) is 0.781. The molecule has 130 valence electrons. The first-order valence-corrected chi connectivity index (χ1v) is 8.54. The lowest BCUT2D eigenvalue weighted by molar-refractivity contribution is -0.138. The average molecular weight is 324 g/mol. The molecule has 6 nitrogen and oxygen atoms in total. The number of hydrogen-bond acceptors (Lipinski definition) is 4. The van der Waals surface area contributed by atoms with Gasteiger partial charge in [0.1, 0.15) is 11.6 Å². The van der Waals surface area contributed by atoms with Gasteiger partial charge in [0.15, 0.2) is 0 Å². The second-order valence-electron chi connectivity index (χ2n) is 7.60. The van der Waals surface area contributed by atoms with Crippen LogP contribution in [0, 0.1) is 17.8 Å². The van der Waals surface area contributed by atoms with Crippen LogP contribution in [0.1, 0.15) is 59.8 Å². The molecule has 2 aliphatic rings. The van der Waals surface area contributed by atoms with E-state index in [-0.39, 0.29) is 18.4 Å². The molecule has 1 saturated carbocycles. The summed E-state index contributed by atoms with van der Waals surface area (Å²) >= 11 is 0. The lowest BCUT2D eigenvalue weighted by Crippen LogP contribution is -2.61. The van der Waals surface area contributed by atoms with Crippen molar-refractivity contribution in [2.45, 2.75) is 71.4 Å². The Morgan fingerprint density at radius 1 is 1.35 bits per heavy atom. The van der Waals surface area contributed by atoms with Gasteiger partial charge in [0.25, 0.3) is 5.91 Å². The molecule has 4 atom stereocenters. The molecule has 23 heavy (non-hydrogen) atoms. The molecule has 0 aromatic rings. The maximum absolute atomic E-state index is 12.3. The summed E-state index contributed by atoms with van der Waals surface area (Å²) in [6.07, 6.45) is 2.91. The first-order valence-electron chi connectivity index (χ1n) is 8.54. The Labute approximate surface area is 137 Å². The summed E-state index contributed by atoms with van der Waals surface area (Å²) < 4.78 is 5.66. The zero-order valence-electron chi connectivity index (χ0n) is 14.5. The molecule has 0 aromatic carbocycles. The lowest BCUT2D eigenvalue weighted by atomic mass is 9.75. The number of piperidine rings is 1. The average Bonchev–Trinajstić information content (AvgIpc) is 2.43. The highest BCUT2D eigenvalue weighted by molar-refractivity contribution is 6.03. The van der Waals surface area contributed by atoms with Crippen LogP contribution in [-0.2, 0) is 14.3 Å². The number of amides is 3. The zero-order valence-corrected chi connectivity index (χ0v) is 14.5. The van der Waals surface area contributed by atoms with E-state index < -0.39 is 17.5 Å². The van der Waals surface area contributed by atoms with E-state index in [2.05, 4.69) is 31.4 Å². The number of imide groups is 1. The fraction of sp³-hybridized carbons (Fsp3) is 0.824. The van der Waals surface area contributed by atoms with Crippen LogP contribution in [0.15, 0.2) is 0 Å². The van der Waals surface area contributed by atoms with Gasteiger partial charge in [-0.15, -0.1) is 0 Å². The molecule has 0 spiro atoms. The molecule has 6 heteroatoms. The summed E-state index contributed by atoms with van der Waals surface area (Å²) in [5.74, 6) is 0.568. The van der Waals surface area contributed by atoms with Crippen molar-refractivity contribution >= 4 is 17.9 Å². The van der Waals surface area contributed by atoms with E-state index in [0.29, 0.717) is 24.2 Å². The summed E-state index contributed by atoms with van der Waals surface area (Å²) in [6, 6.07) is 0. The molecule has 2 fully saturated rings. The van der Waals surface area contributed by atoms with Crippen molar-refractivity contribution < 1.29 is 19.1 Å². The predicted octanol–water partition coefficient (Wildman–Crippen LogP) is 2.37. The van der Waals surface area contributed by atoms with E-state index in [1.807, 2.05) is 0 Å². The van der Waals surface area contributed by atoms with E-state index >= 15 is 0 Å². The van der Waals surface area contributed by atoms with E-state index in [4.69, 9.17) is 4.74 Å². The molecule has 0 aromatic heterocycles. The molecule has 1 unspecified atom stereocenters. The third-order valence-electron chi connectivity index (χ3n) is 5.20. The lowest BCUT2D eigenvalue weighted by Gasteiger charge is -2.38. The first kappa shape index (κ1) is 17.8. The predicted molar refractivity (Wildman–Crippen MR) is 85.5 cm³/mol. The van der Waals surface area contributed by atoms with Gasteiger partial charge in [-0.2, -0.15) is 0 Å². The van der Waals surface area contributed by atoms with E-state index in [0.717, 1.165) is 19.3 Å². The number of ether oxygens (including phenoxy) is 1. The summed E-state index contributed by atoms with van der Waals surface area (Å²) in [5, 5.41) is 4.93. The second kappa shape index (κ2) is 6.89. The molecular formula is C17H28N2O4. The molecule has 1 saturated heterocycles. The Bertz CT molecular complexity index is 491. The van der Waals surface area contributed by atoms with Crippen LogP contribution in [0.2, 0.25) is 0 Å². The molecule has 2 N–H and O–H groups in total. The van der Waals surface area contributed by atoms with Crippen molar-refractivity contribution in [3.63, 3.8) is 0 Å². The van der Waals surface area contributed by atoms with Crippen LogP contribution >= 0.6 is 0 Å². The van der Waals surface area contributed by atoms with Gasteiger partial charge in [0, 0.05) is 6.42 Å². The standard InChI is InChI=1S/C17H28N2O4/c1-10(2)12-6-5-11(3)9-13(12)23-16(22)19-17(4)8-7-14(20)18-15(17)21/h10-13H,5-9H2,1-4H3,(H,19,22)(H,18,20,21)/t11-,12?,13-,17-/m0/s1. The summed E-state index contributed by atoms with van der Waals surface area (Å²) in [5.41, 5.74) is -1.08. The minimum Gasteiger partial charge on any atom is -0.446 e. The number of rotatable bonds is 3. The maximum atomic E-state index is 12.3. The van der Waals surface area contributed by atoms with Crippen LogP contribution in [0.4, 0.5) is 4.79 Å². The topological polar surface area (TPSA) is 84.5 Å². The largest absolute Gasteiger partial charge is 0.446 e. The number of hydrogen-bond donors (Lipinski definition) is 2. The second-order valence-corrected chi connectivity index (χ2v) is 7.60. The Morgan fingerprint density at radius 2 is 2.04 bits per heavy atom. The van der Waals surface area contributed by atoms with Crippen molar-refractivity contribution in [3.05, 3.63) is 0 Å². The van der Waals surface area contributed by atoms with Gasteiger partial charge in [-0.1, -0.05) is 27.2 Å². The maximum Gasteiger partial charge on any atom is 0.408 e. The van der Waals surface area contributed by atoms with Crippen LogP contribution in [0.3, 0.4) is 0 Å². The number of alkyl carbamates (subject to hydrolysis) is 1. The number of carbonyl (C=O) groups is 3. The Morgan fingerprint density at radius 3 is 2.65 bits per heavy atom. The van der Waals surface area contributed by atoms with Crippen molar-refractivity contribution in [1.82, 2.24) is 10.6 Å². The molecule has 0 bridgehead atoms. The van der Waals surface area contributed by atoms with Crippen molar-refractivity contribution in [2.75, 3.05) is 0 Å². The highest BCUT2D eigenvalue weighted by Gasteiger charge is 2.41. The highest BCUT2D eigenvalue weighted by Crippen LogP contribution is 2.35. The third kappa shape index (κ3) is 4.24. The van der Waals surface area contributed by atoms with Crippen LogP contribution < -0.4 is 10.6 Å². The normalized spacial score (nSPS) is 34.9. The van der Waals surface area contributed by atoms with Crippen molar-refractivity contribution in [2.24, 2.45) is 17.8 Å². The van der Waals surface area contributed by atoms with Crippen molar-refractivity contribution in [1.29, 1.82) is 0 Å². The highest BCUT2D eigenvalue weighted by atomic mass is 16.6. The Kier molecular flexibility index (Phi) is 5.32. The van der Waals surface area contributed by atoms with Gasteiger partial charge in [-0.25, -0.2) is 4.79 Å². The van der Waals surface area contributed by atoms with Crippen LogP contribution in [0.5, 0.6) is 0 Å². The van der Waals surface area contributed by atoms with Crippen molar-refractivity contribution in [3.8, 4) is 0 Å². The molecule has 1 aliphatic carbocycles. The smallest absolute Gasteiger partial charge is 0.408 e. The number of nitrogens with one attached hydrogen (secondary N) is 2. The molecule has 0 radical (unpaired) electrons. The molecule has 3 amide bonds. The molecule has 1 heterocycles. The van der Waals surface area contributed by atoms with Gasteiger partial charge in [-0.05, 0) is 43.9 Å². The van der Waals surface area contributed by atoms with Gasteiger partial charge >= 0.3 is 6.09 Å². The van der Waals surface area contributed by atoms with Gasteiger partial charge in [-0.3, -0.25) is 14.9 Å². The minimum absolute atomic E-state index is 0.115. The summed E-state index contributed by atoms with van der Waals surface area (Å²) in [6.45, 7) is 8.10. The van der Waals surface area contributed by atoms with Crippen LogP contribution in [-0.4, -0.2) is 29.6 Å². The first-order chi connectivity index (χ1) is 10.7. The van der Waals surface area contributed by atoms with E-state index in [1.165, 1.54) is 0 Å². The molecular weight excluding hydrogens is 296 g/mol. The fourth-order valence-corrected chi connectivity index (χ4v) is 3.57. The van der Waals surface area contributed by atoms with Gasteiger partial charge in [0.05, 0.1) is 0 Å². The van der Waals surface area contributed by atoms with Gasteiger partial charge < -0.3 is 10.1 Å². The third-order valence-corrected chi connectivity index (χ3v) is 5.20. The number of carbonyl (C=O) groups excluding carboxylic acids is 3. The zero-order chi connectivity index (χ0) is 17.2. The Hall–Kier alpha value is -1.59. The minimum atomic E-state index is -1.08. The summed E-state index contributed by atoms with van der Waals surface area (Å²) in [7, 11) is 0. The van der Waals surface area contributed by atoms with E-state index in [1.54, 1.807) is 6.92 Å². The summed E-state index contributed by atoms with van der Waals surface area (Å²) in [4.78, 5) is 35.5. The van der Waals surface area contributed by atoms with Crippen LogP contribution in [0.25, 0.3) is 0 Å². The fourth-order valence-electron chi connectivity index (χ4n) is 3.57. The SMILES string of the molecule is CC(C)C1CC[C@H](C)C[C@@H]1OC(=O)N[C@@]1(C)CCC(=O)NC1=O. The van der Waals surface area contributed by atoms with Gasteiger partial charge in [0.2, 0.25) is 5.91 Å². The molecule has 1 aliphatic heterocycles. The van der Waals surface area contributed by atoms with E-state index in [9.17, 15) is 14.4 Å². The Balaban J connectivity index is 1.97. The monoisotopic (exact) mass is 324 g/mol. The molecule has 2 rings (SSSR count).